The van der Waals surface area contributed by atoms with E-state index in [2.05, 4.69) is 79.9 Å². The van der Waals surface area contributed by atoms with Crippen LogP contribution < -0.4 is 5.32 Å². The molecule has 86 heavy (non-hydrogen) atoms. The van der Waals surface area contributed by atoms with Gasteiger partial charge in [-0.25, -0.2) is 0 Å². The highest BCUT2D eigenvalue weighted by Crippen LogP contribution is 2.30. The predicted molar refractivity (Wildman–Crippen MR) is 350 cm³/mol. The molecule has 0 radical (unpaired) electrons. The topological polar surface area (TPSA) is 228 Å². The van der Waals surface area contributed by atoms with Crippen molar-refractivity contribution in [1.82, 2.24) is 5.32 Å². The van der Waals surface area contributed by atoms with Crippen LogP contribution in [-0.2, 0) is 23.7 Å². The van der Waals surface area contributed by atoms with Gasteiger partial charge in [0.15, 0.2) is 12.6 Å². The minimum Gasteiger partial charge on any atom is -0.394 e. The van der Waals surface area contributed by atoms with Gasteiger partial charge in [0.2, 0.25) is 5.91 Å². The van der Waals surface area contributed by atoms with E-state index in [1.807, 2.05) is 6.08 Å². The molecule has 2 aliphatic heterocycles. The van der Waals surface area contributed by atoms with Gasteiger partial charge in [0.25, 0.3) is 0 Å². The number of allylic oxidation sites excluding steroid dienone is 11. The lowest BCUT2D eigenvalue weighted by atomic mass is 9.97. The summed E-state index contributed by atoms with van der Waals surface area (Å²) < 4.78 is 22.8. The van der Waals surface area contributed by atoms with Crippen LogP contribution in [0, 0.1) is 0 Å². The van der Waals surface area contributed by atoms with Gasteiger partial charge in [-0.1, -0.05) is 279 Å². The van der Waals surface area contributed by atoms with Gasteiger partial charge in [0.1, 0.15) is 48.8 Å². The summed E-state index contributed by atoms with van der Waals surface area (Å²) in [5, 5.41) is 87.4. The Morgan fingerprint density at radius 2 is 0.814 bits per heavy atom. The molecule has 0 aromatic carbocycles. The molecule has 0 aliphatic carbocycles. The van der Waals surface area contributed by atoms with E-state index in [1.54, 1.807) is 6.08 Å². The van der Waals surface area contributed by atoms with Crippen molar-refractivity contribution in [2.24, 2.45) is 0 Å². The molecule has 12 unspecified atom stereocenters. The highest BCUT2D eigenvalue weighted by molar-refractivity contribution is 5.76. The van der Waals surface area contributed by atoms with Crippen molar-refractivity contribution in [1.29, 1.82) is 0 Å². The molecule has 0 saturated carbocycles. The second-order valence-electron chi connectivity index (χ2n) is 24.6. The maximum absolute atomic E-state index is 13.3. The summed E-state index contributed by atoms with van der Waals surface area (Å²) in [6.07, 6.45) is 59.5. The van der Waals surface area contributed by atoms with Gasteiger partial charge in [-0.3, -0.25) is 4.79 Å². The zero-order chi connectivity index (χ0) is 62.3. The second kappa shape index (κ2) is 56.4. The number of rotatable bonds is 57. The lowest BCUT2D eigenvalue weighted by Gasteiger charge is -2.46. The van der Waals surface area contributed by atoms with Gasteiger partial charge < -0.3 is 65.1 Å². The molecule has 12 atom stereocenters. The number of nitrogens with one attached hydrogen (secondary N) is 1. The molecule has 2 fully saturated rings. The zero-order valence-corrected chi connectivity index (χ0v) is 54.3. The molecular formula is C72H129NO13. The Bertz CT molecular complexity index is 1720. The van der Waals surface area contributed by atoms with Crippen molar-refractivity contribution < 1.29 is 64.6 Å². The van der Waals surface area contributed by atoms with Gasteiger partial charge in [0, 0.05) is 6.42 Å². The Kier molecular flexibility index (Phi) is 52.2. The van der Waals surface area contributed by atoms with E-state index in [4.69, 9.17) is 18.9 Å². The molecule has 2 rings (SSSR count). The second-order valence-corrected chi connectivity index (χ2v) is 24.6. The number of hydrogen-bond acceptors (Lipinski definition) is 13. The fourth-order valence-electron chi connectivity index (χ4n) is 11.3. The Balaban J connectivity index is 1.70. The number of aliphatic hydroxyl groups excluding tert-OH is 8. The molecule has 9 N–H and O–H groups in total. The fraction of sp³-hybridized carbons (Fsp3) is 0.819. The first-order valence-corrected chi connectivity index (χ1v) is 35.2. The van der Waals surface area contributed by atoms with Crippen LogP contribution >= 0.6 is 0 Å². The Hall–Kier alpha value is -2.57. The van der Waals surface area contributed by atoms with Crippen LogP contribution in [0.1, 0.15) is 284 Å². The molecule has 2 aliphatic rings. The lowest BCUT2D eigenvalue weighted by molar-refractivity contribution is -0.359. The van der Waals surface area contributed by atoms with Crippen LogP contribution in [0.15, 0.2) is 72.9 Å². The van der Waals surface area contributed by atoms with Crippen LogP contribution in [0.5, 0.6) is 0 Å². The molecule has 2 heterocycles. The molecule has 14 nitrogen and oxygen atoms in total. The van der Waals surface area contributed by atoms with E-state index in [0.717, 1.165) is 57.8 Å². The summed E-state index contributed by atoms with van der Waals surface area (Å²) >= 11 is 0. The van der Waals surface area contributed by atoms with E-state index < -0.39 is 86.8 Å². The third-order valence-electron chi connectivity index (χ3n) is 16.9. The van der Waals surface area contributed by atoms with Crippen molar-refractivity contribution in [3.8, 4) is 0 Å². The van der Waals surface area contributed by atoms with E-state index in [1.165, 1.54) is 193 Å². The fourth-order valence-corrected chi connectivity index (χ4v) is 11.3. The summed E-state index contributed by atoms with van der Waals surface area (Å²) in [5.41, 5.74) is 0. The first-order valence-electron chi connectivity index (χ1n) is 35.2. The molecule has 0 bridgehead atoms. The minimum atomic E-state index is -1.79. The van der Waals surface area contributed by atoms with E-state index >= 15 is 0 Å². The SMILES string of the molecule is CC/C=C\C/C=C\C/C=C\C/C=C\CCCCCCCCCCCCCCCCC(=O)NC(COC1OC(CO)C(OC2OC(CO)C(O)C(O)C2O)C(O)C1O)C(O)/C=C/CC/C=C/CCCCCCCCCCCCCCCCCCCCC. The largest absolute Gasteiger partial charge is 0.394 e. The van der Waals surface area contributed by atoms with E-state index in [0.29, 0.717) is 12.8 Å². The Labute approximate surface area is 523 Å². The standard InChI is InChI=1S/C72H129NO13/c1-3-5-7-9-11-13-15-17-19-21-23-25-27-29-30-32-34-36-38-40-42-44-46-48-50-52-54-56-64(77)73-60(59-83-71-69(82)67(80)70(63(58-75)85-71)86-72-68(81)66(79)65(78)62(57-74)84-72)61(76)55-53-51-49-47-45-43-41-39-37-35-33-31-28-26-24-22-20-18-16-14-12-10-8-6-4-2/h5,7,11,13,17,19,23,25,45,47,53,55,60-63,65-72,74-76,78-82H,3-4,6,8-10,12,14-16,18,20-22,24,26-44,46,48-52,54,56-59H2,1-2H3,(H,73,77)/b7-5-,13-11-,19-17-,25-23-,47-45+,55-53+. The maximum atomic E-state index is 13.3. The van der Waals surface area contributed by atoms with Crippen LogP contribution in [0.3, 0.4) is 0 Å². The predicted octanol–water partition coefficient (Wildman–Crippen LogP) is 14.2. The normalized spacial score (nSPS) is 23.8. The van der Waals surface area contributed by atoms with Crippen molar-refractivity contribution in [2.45, 2.75) is 357 Å². The monoisotopic (exact) mass is 1220 g/mol. The number of hydrogen-bond donors (Lipinski definition) is 9. The summed E-state index contributed by atoms with van der Waals surface area (Å²) in [5.74, 6) is -0.249. The van der Waals surface area contributed by atoms with Gasteiger partial charge in [-0.2, -0.15) is 0 Å². The first-order chi connectivity index (χ1) is 42.1. The molecule has 0 aromatic rings. The van der Waals surface area contributed by atoms with Crippen LogP contribution in [0.2, 0.25) is 0 Å². The third kappa shape index (κ3) is 40.2. The molecule has 2 saturated heterocycles. The first kappa shape index (κ1) is 79.5. The molecule has 1 amide bonds. The summed E-state index contributed by atoms with van der Waals surface area (Å²) in [4.78, 5) is 13.3. The van der Waals surface area contributed by atoms with Crippen molar-refractivity contribution >= 4 is 5.91 Å². The molecule has 14 heteroatoms. The van der Waals surface area contributed by atoms with Crippen molar-refractivity contribution in [3.05, 3.63) is 72.9 Å². The van der Waals surface area contributed by atoms with Crippen LogP contribution in [0.25, 0.3) is 0 Å². The van der Waals surface area contributed by atoms with Crippen LogP contribution in [0.4, 0.5) is 0 Å². The van der Waals surface area contributed by atoms with E-state index in [-0.39, 0.29) is 18.9 Å². The average molecular weight is 1220 g/mol. The van der Waals surface area contributed by atoms with Gasteiger partial charge in [-0.05, 0) is 70.6 Å². The maximum Gasteiger partial charge on any atom is 0.220 e. The summed E-state index contributed by atoms with van der Waals surface area (Å²) in [6.45, 7) is 2.70. The van der Waals surface area contributed by atoms with Crippen LogP contribution in [-0.4, -0.2) is 140 Å². The number of aliphatic hydroxyl groups is 8. The number of ether oxygens (including phenoxy) is 4. The highest BCUT2D eigenvalue weighted by Gasteiger charge is 2.51. The van der Waals surface area contributed by atoms with Crippen molar-refractivity contribution in [3.63, 3.8) is 0 Å². The van der Waals surface area contributed by atoms with Gasteiger partial charge >= 0.3 is 0 Å². The smallest absolute Gasteiger partial charge is 0.220 e. The van der Waals surface area contributed by atoms with E-state index in [9.17, 15) is 45.6 Å². The molecular weight excluding hydrogens is 1090 g/mol. The average Bonchev–Trinajstić information content (AvgIpc) is 2.53. The number of carbonyl (C=O) groups is 1. The number of carbonyl (C=O) groups excluding carboxylic acids is 1. The van der Waals surface area contributed by atoms with Gasteiger partial charge in [-0.15, -0.1) is 0 Å². The third-order valence-corrected chi connectivity index (χ3v) is 16.9. The minimum absolute atomic E-state index is 0.249. The molecule has 500 valence electrons. The Morgan fingerprint density at radius 1 is 0.430 bits per heavy atom. The molecule has 0 spiro atoms. The number of unbranched alkanes of at least 4 members (excludes halogenated alkanes) is 34. The quantitative estimate of drug-likeness (QED) is 0.0204. The Morgan fingerprint density at radius 3 is 1.28 bits per heavy atom. The zero-order valence-electron chi connectivity index (χ0n) is 54.3. The van der Waals surface area contributed by atoms with Crippen molar-refractivity contribution in [2.75, 3.05) is 19.8 Å². The molecule has 0 aromatic heterocycles. The lowest BCUT2D eigenvalue weighted by Crippen LogP contribution is -2.65. The highest BCUT2D eigenvalue weighted by atomic mass is 16.7. The summed E-state index contributed by atoms with van der Waals surface area (Å²) in [6, 6.07) is -0.936. The van der Waals surface area contributed by atoms with Gasteiger partial charge in [0.05, 0.1) is 32.0 Å². The number of amides is 1. The summed E-state index contributed by atoms with van der Waals surface area (Å²) in [7, 11) is 0.